The van der Waals surface area contributed by atoms with Crippen LogP contribution in [-0.2, 0) is 26.1 Å². The number of rotatable bonds is 7. The third-order valence-electron chi connectivity index (χ3n) is 6.08. The van der Waals surface area contributed by atoms with Gasteiger partial charge < -0.3 is 19.4 Å². The minimum absolute atomic E-state index is 0.0198. The molecule has 0 saturated carbocycles. The van der Waals surface area contributed by atoms with Crippen molar-refractivity contribution in [2.45, 2.75) is 30.2 Å². The van der Waals surface area contributed by atoms with Crippen molar-refractivity contribution in [2.75, 3.05) is 39.2 Å². The zero-order chi connectivity index (χ0) is 22.9. The third kappa shape index (κ3) is 4.30. The maximum Gasteiger partial charge on any atom is 0.274 e. The van der Waals surface area contributed by atoms with Gasteiger partial charge in [-0.1, -0.05) is 0 Å². The van der Waals surface area contributed by atoms with Gasteiger partial charge >= 0.3 is 0 Å². The van der Waals surface area contributed by atoms with Crippen molar-refractivity contribution < 1.29 is 22.7 Å². The van der Waals surface area contributed by atoms with E-state index in [0.717, 1.165) is 12.1 Å². The van der Waals surface area contributed by atoms with Crippen LogP contribution in [-0.4, -0.2) is 57.1 Å². The number of carbonyl (C=O) groups excluding carboxylic acids is 1. The quantitative estimate of drug-likeness (QED) is 0.672. The van der Waals surface area contributed by atoms with Crippen molar-refractivity contribution in [1.82, 2.24) is 8.87 Å². The molecule has 0 radical (unpaired) electrons. The van der Waals surface area contributed by atoms with Crippen LogP contribution in [0.3, 0.4) is 0 Å². The Morgan fingerprint density at radius 3 is 2.53 bits per heavy atom. The molecule has 2 bridgehead atoms. The Hall–Kier alpha value is -2.69. The van der Waals surface area contributed by atoms with Gasteiger partial charge in [0.15, 0.2) is 0 Å². The van der Waals surface area contributed by atoms with Crippen LogP contribution in [0.4, 0.5) is 5.69 Å². The molecule has 172 valence electrons. The molecule has 2 atom stereocenters. The van der Waals surface area contributed by atoms with Crippen LogP contribution in [0, 0.1) is 5.92 Å². The van der Waals surface area contributed by atoms with Crippen molar-refractivity contribution in [1.29, 1.82) is 0 Å². The Morgan fingerprint density at radius 1 is 1.09 bits per heavy atom. The Bertz CT molecular complexity index is 1160. The van der Waals surface area contributed by atoms with Crippen LogP contribution < -0.4 is 15.6 Å². The second-order valence-electron chi connectivity index (χ2n) is 8.17. The molecular weight excluding hydrogens is 434 g/mol. The number of anilines is 1. The summed E-state index contributed by atoms with van der Waals surface area (Å²) >= 11 is 0. The van der Waals surface area contributed by atoms with E-state index in [1.165, 1.54) is 18.5 Å². The fourth-order valence-electron chi connectivity index (χ4n) is 4.50. The smallest absolute Gasteiger partial charge is 0.274 e. The molecule has 1 aromatic carbocycles. The van der Waals surface area contributed by atoms with Gasteiger partial charge in [-0.25, -0.2) is 8.42 Å². The lowest BCUT2D eigenvalue weighted by Crippen LogP contribution is -2.49. The number of nitrogens with one attached hydrogen (secondary N) is 1. The molecule has 2 aliphatic rings. The van der Waals surface area contributed by atoms with E-state index in [2.05, 4.69) is 5.32 Å². The van der Waals surface area contributed by atoms with Crippen molar-refractivity contribution in [3.8, 4) is 5.75 Å². The molecule has 32 heavy (non-hydrogen) atoms. The van der Waals surface area contributed by atoms with E-state index in [9.17, 15) is 18.0 Å². The summed E-state index contributed by atoms with van der Waals surface area (Å²) in [6, 6.07) is 9.79. The molecule has 0 unspecified atom stereocenters. The average molecular weight is 462 g/mol. The molecule has 0 spiro atoms. The number of hydrogen-bond acceptors (Lipinski definition) is 6. The van der Waals surface area contributed by atoms with Gasteiger partial charge in [0, 0.05) is 38.4 Å². The summed E-state index contributed by atoms with van der Waals surface area (Å²) in [5, 5.41) is 2.66. The topological polar surface area (TPSA) is 107 Å². The molecule has 2 aliphatic heterocycles. The van der Waals surface area contributed by atoms with Gasteiger partial charge in [-0.05, 0) is 48.7 Å². The predicted molar refractivity (Wildman–Crippen MR) is 118 cm³/mol. The number of piperidine rings is 1. The second kappa shape index (κ2) is 9.05. The maximum absolute atomic E-state index is 13.2. The molecule has 0 aliphatic carbocycles. The summed E-state index contributed by atoms with van der Waals surface area (Å²) in [6.07, 6.45) is 0.995. The fourth-order valence-corrected chi connectivity index (χ4v) is 6.06. The first-order chi connectivity index (χ1) is 15.3. The lowest BCUT2D eigenvalue weighted by atomic mass is 9.84. The number of methoxy groups -OCH3 is 2. The number of ether oxygens (including phenoxy) is 2. The number of benzene rings is 1. The lowest BCUT2D eigenvalue weighted by molar-refractivity contribution is -0.117. The van der Waals surface area contributed by atoms with E-state index in [0.29, 0.717) is 25.4 Å². The van der Waals surface area contributed by atoms with E-state index in [4.69, 9.17) is 9.47 Å². The van der Waals surface area contributed by atoms with Crippen LogP contribution in [0.25, 0.3) is 0 Å². The first-order valence-corrected chi connectivity index (χ1v) is 11.9. The molecule has 4 rings (SSSR count). The molecule has 9 nitrogen and oxygen atoms in total. The number of aromatic nitrogens is 1. The molecule has 3 heterocycles. The first kappa shape index (κ1) is 22.5. The van der Waals surface area contributed by atoms with E-state index in [-0.39, 0.29) is 46.9 Å². The van der Waals surface area contributed by atoms with Gasteiger partial charge in [0.05, 0.1) is 25.0 Å². The van der Waals surface area contributed by atoms with E-state index in [1.807, 2.05) is 6.07 Å². The molecule has 2 aromatic rings. The molecule has 1 amide bonds. The van der Waals surface area contributed by atoms with Crippen LogP contribution >= 0.6 is 0 Å². The van der Waals surface area contributed by atoms with Crippen molar-refractivity contribution in [3.05, 3.63) is 52.4 Å². The summed E-state index contributed by atoms with van der Waals surface area (Å²) in [5.74, 6) is 0.253. The Morgan fingerprint density at radius 2 is 1.84 bits per heavy atom. The molecular formula is C22H27N3O6S. The van der Waals surface area contributed by atoms with Crippen molar-refractivity contribution in [3.63, 3.8) is 0 Å². The van der Waals surface area contributed by atoms with Gasteiger partial charge in [-0.2, -0.15) is 4.31 Å². The molecule has 10 heteroatoms. The largest absolute Gasteiger partial charge is 0.497 e. The summed E-state index contributed by atoms with van der Waals surface area (Å²) in [6.45, 7) is 1.35. The number of fused-ring (bicyclic) bond motifs is 4. The highest BCUT2D eigenvalue weighted by Crippen LogP contribution is 2.37. The molecule has 1 saturated heterocycles. The number of amides is 1. The van der Waals surface area contributed by atoms with Gasteiger partial charge in [0.1, 0.15) is 11.4 Å². The molecule has 1 N–H and O–H groups in total. The van der Waals surface area contributed by atoms with E-state index < -0.39 is 10.0 Å². The zero-order valence-corrected chi connectivity index (χ0v) is 18.9. The number of nitrogens with zero attached hydrogens (tertiary/aromatic N) is 2. The van der Waals surface area contributed by atoms with Crippen LogP contribution in [0.2, 0.25) is 0 Å². The minimum atomic E-state index is -3.65. The van der Waals surface area contributed by atoms with Gasteiger partial charge in [0.2, 0.25) is 15.9 Å². The van der Waals surface area contributed by atoms with Crippen LogP contribution in [0.1, 0.15) is 24.5 Å². The summed E-state index contributed by atoms with van der Waals surface area (Å²) in [4.78, 5) is 25.2. The number of carbonyl (C=O) groups is 1. The summed E-state index contributed by atoms with van der Waals surface area (Å²) in [7, 11) is -0.608. The maximum atomic E-state index is 13.2. The normalized spacial score (nSPS) is 20.4. The number of hydrogen-bond donors (Lipinski definition) is 1. The fraction of sp³-hybridized carbons (Fsp3) is 0.455. The minimum Gasteiger partial charge on any atom is -0.497 e. The number of sulfonamides is 1. The standard InChI is InChI=1S/C22H27N3O6S/c1-30-10-9-21(26)23-19-7-8-20-16-11-15(13-25(20)22(19)27)12-24(14-16)32(28,29)18-5-3-17(31-2)4-6-18/h3-8,15-16H,9-14H2,1-2H3,(H,23,26)/t15-,16+/m0/s1. The highest BCUT2D eigenvalue weighted by atomic mass is 32.2. The third-order valence-corrected chi connectivity index (χ3v) is 7.92. The zero-order valence-electron chi connectivity index (χ0n) is 18.1. The van der Waals surface area contributed by atoms with Gasteiger partial charge in [0.25, 0.3) is 5.56 Å². The van der Waals surface area contributed by atoms with E-state index >= 15 is 0 Å². The highest BCUT2D eigenvalue weighted by molar-refractivity contribution is 7.89. The monoisotopic (exact) mass is 461 g/mol. The van der Waals surface area contributed by atoms with Crippen molar-refractivity contribution in [2.24, 2.45) is 5.92 Å². The summed E-state index contributed by atoms with van der Waals surface area (Å²) in [5.41, 5.74) is 0.780. The average Bonchev–Trinajstić information content (AvgIpc) is 2.79. The van der Waals surface area contributed by atoms with Crippen LogP contribution in [0.15, 0.2) is 46.1 Å². The Labute approximate surface area is 187 Å². The van der Waals surface area contributed by atoms with Crippen LogP contribution in [0.5, 0.6) is 5.75 Å². The van der Waals surface area contributed by atoms with E-state index in [1.54, 1.807) is 34.9 Å². The SMILES string of the molecule is COCCC(=O)Nc1ccc2n(c1=O)C[C@H]1C[C@@H]2CN(S(=O)(=O)c2ccc(OC)cc2)C1. The molecule has 1 fully saturated rings. The van der Waals surface area contributed by atoms with Crippen molar-refractivity contribution >= 4 is 21.6 Å². The first-order valence-electron chi connectivity index (χ1n) is 10.5. The summed E-state index contributed by atoms with van der Waals surface area (Å²) < 4.78 is 39.6. The highest BCUT2D eigenvalue weighted by Gasteiger charge is 2.39. The number of pyridine rings is 1. The second-order valence-corrected chi connectivity index (χ2v) is 10.1. The lowest BCUT2D eigenvalue weighted by Gasteiger charge is -2.42. The Balaban J connectivity index is 1.56. The molecule has 1 aromatic heterocycles. The van der Waals surface area contributed by atoms with Gasteiger partial charge in [-0.3, -0.25) is 9.59 Å². The van der Waals surface area contributed by atoms with Gasteiger partial charge in [-0.15, -0.1) is 0 Å². The Kier molecular flexibility index (Phi) is 6.36. The predicted octanol–water partition coefficient (Wildman–Crippen LogP) is 1.64.